The molecule has 0 spiro atoms. The fraction of sp³-hybridized carbons (Fsp3) is 0.455. The van der Waals surface area contributed by atoms with E-state index >= 15 is 0 Å². The molecule has 3 nitrogen and oxygen atoms in total. The number of fused-ring (bicyclic) bond motifs is 2. The van der Waals surface area contributed by atoms with E-state index in [4.69, 9.17) is 15.2 Å². The van der Waals surface area contributed by atoms with Crippen LogP contribution in [0.25, 0.3) is 0 Å². The van der Waals surface area contributed by atoms with E-state index in [0.717, 1.165) is 11.5 Å². The molecular formula is C11H13NO2S. The fourth-order valence-corrected chi connectivity index (χ4v) is 3.17. The van der Waals surface area contributed by atoms with Crippen LogP contribution in [0.3, 0.4) is 0 Å². The Morgan fingerprint density at radius 3 is 2.67 bits per heavy atom. The molecule has 80 valence electrons. The molecule has 0 saturated heterocycles. The summed E-state index contributed by atoms with van der Waals surface area (Å²) in [6.45, 7) is 3.41. The van der Waals surface area contributed by atoms with Crippen molar-refractivity contribution in [1.29, 1.82) is 0 Å². The molecular weight excluding hydrogens is 210 g/mol. The average molecular weight is 223 g/mol. The quantitative estimate of drug-likeness (QED) is 0.730. The molecule has 0 amide bonds. The minimum Gasteiger partial charge on any atom is -0.486 e. The molecule has 0 fully saturated rings. The van der Waals surface area contributed by atoms with Crippen molar-refractivity contribution in [3.63, 3.8) is 0 Å². The monoisotopic (exact) mass is 223 g/mol. The van der Waals surface area contributed by atoms with E-state index in [0.29, 0.717) is 18.5 Å². The molecule has 0 aromatic heterocycles. The number of hydrogen-bond donors (Lipinski definition) is 1. The first-order valence-electron chi connectivity index (χ1n) is 5.11. The van der Waals surface area contributed by atoms with Gasteiger partial charge in [-0.1, -0.05) is 6.92 Å². The molecule has 2 heterocycles. The topological polar surface area (TPSA) is 44.5 Å². The Morgan fingerprint density at radius 2 is 1.93 bits per heavy atom. The summed E-state index contributed by atoms with van der Waals surface area (Å²) in [5.41, 5.74) is 7.30. The van der Waals surface area contributed by atoms with E-state index in [1.807, 2.05) is 17.8 Å². The Bertz CT molecular complexity index is 408. The maximum absolute atomic E-state index is 6.11. The van der Waals surface area contributed by atoms with E-state index in [2.05, 4.69) is 13.0 Å². The van der Waals surface area contributed by atoms with Crippen LogP contribution in [0.15, 0.2) is 17.0 Å². The molecule has 3 rings (SSSR count). The largest absolute Gasteiger partial charge is 0.486 e. The average Bonchev–Trinajstić information content (AvgIpc) is 2.52. The molecule has 0 saturated carbocycles. The van der Waals surface area contributed by atoms with Crippen molar-refractivity contribution in [3.05, 3.63) is 17.7 Å². The van der Waals surface area contributed by atoms with Crippen LogP contribution >= 0.6 is 11.8 Å². The Kier molecular flexibility index (Phi) is 2.07. The normalized spacial score (nSPS) is 27.6. The summed E-state index contributed by atoms with van der Waals surface area (Å²) >= 11 is 1.81. The summed E-state index contributed by atoms with van der Waals surface area (Å²) in [6.07, 6.45) is 0. The standard InChI is InChI=1S/C11H13NO2S/c1-6-11(12)7-4-8-9(5-10(7)15-6)14-3-2-13-8/h4-6,11H,2-3,12H2,1H3. The van der Waals surface area contributed by atoms with Gasteiger partial charge in [-0.3, -0.25) is 0 Å². The Balaban J connectivity index is 2.09. The van der Waals surface area contributed by atoms with Gasteiger partial charge in [0.1, 0.15) is 13.2 Å². The van der Waals surface area contributed by atoms with Crippen LogP contribution in [0.2, 0.25) is 0 Å². The van der Waals surface area contributed by atoms with Gasteiger partial charge >= 0.3 is 0 Å². The molecule has 2 aliphatic rings. The van der Waals surface area contributed by atoms with Crippen molar-refractivity contribution in [2.45, 2.75) is 23.1 Å². The zero-order chi connectivity index (χ0) is 10.4. The summed E-state index contributed by atoms with van der Waals surface area (Å²) in [4.78, 5) is 1.24. The number of benzene rings is 1. The lowest BCUT2D eigenvalue weighted by atomic mass is 10.0. The summed E-state index contributed by atoms with van der Waals surface area (Å²) in [7, 11) is 0. The van der Waals surface area contributed by atoms with Crippen LogP contribution in [-0.4, -0.2) is 18.5 Å². The zero-order valence-corrected chi connectivity index (χ0v) is 9.34. The Morgan fingerprint density at radius 1 is 1.27 bits per heavy atom. The molecule has 2 aliphatic heterocycles. The van der Waals surface area contributed by atoms with Gasteiger partial charge < -0.3 is 15.2 Å². The van der Waals surface area contributed by atoms with Crippen LogP contribution in [0.4, 0.5) is 0 Å². The molecule has 0 aliphatic carbocycles. The molecule has 4 heteroatoms. The van der Waals surface area contributed by atoms with Gasteiger partial charge in [0.05, 0.1) is 0 Å². The minimum absolute atomic E-state index is 0.112. The highest BCUT2D eigenvalue weighted by Gasteiger charge is 2.29. The lowest BCUT2D eigenvalue weighted by Gasteiger charge is -2.19. The SMILES string of the molecule is CC1Sc2cc3c(cc2C1N)OCCO3. The van der Waals surface area contributed by atoms with E-state index in [9.17, 15) is 0 Å². The molecule has 1 aromatic carbocycles. The lowest BCUT2D eigenvalue weighted by Crippen LogP contribution is -2.18. The second-order valence-corrected chi connectivity index (χ2v) is 5.30. The predicted octanol–water partition coefficient (Wildman–Crippen LogP) is 1.95. The number of thioether (sulfide) groups is 1. The third kappa shape index (κ3) is 1.40. The van der Waals surface area contributed by atoms with Crippen molar-refractivity contribution < 1.29 is 9.47 Å². The van der Waals surface area contributed by atoms with Crippen molar-refractivity contribution in [2.75, 3.05) is 13.2 Å². The number of nitrogens with two attached hydrogens (primary N) is 1. The molecule has 15 heavy (non-hydrogen) atoms. The van der Waals surface area contributed by atoms with E-state index < -0.39 is 0 Å². The van der Waals surface area contributed by atoms with Gasteiger partial charge in [-0.25, -0.2) is 0 Å². The van der Waals surface area contributed by atoms with Gasteiger partial charge in [0.25, 0.3) is 0 Å². The lowest BCUT2D eigenvalue weighted by molar-refractivity contribution is 0.171. The van der Waals surface area contributed by atoms with Crippen LogP contribution < -0.4 is 15.2 Å². The smallest absolute Gasteiger partial charge is 0.162 e. The third-order valence-corrected chi connectivity index (χ3v) is 4.12. The third-order valence-electron chi connectivity index (χ3n) is 2.85. The number of rotatable bonds is 0. The Labute approximate surface area is 92.9 Å². The summed E-state index contributed by atoms with van der Waals surface area (Å²) < 4.78 is 11.1. The van der Waals surface area contributed by atoms with Gasteiger partial charge in [-0.05, 0) is 17.7 Å². The highest BCUT2D eigenvalue weighted by molar-refractivity contribution is 8.00. The van der Waals surface area contributed by atoms with Gasteiger partial charge in [-0.15, -0.1) is 11.8 Å². The van der Waals surface area contributed by atoms with Gasteiger partial charge in [0.15, 0.2) is 11.5 Å². The zero-order valence-electron chi connectivity index (χ0n) is 8.53. The van der Waals surface area contributed by atoms with Crippen LogP contribution in [-0.2, 0) is 0 Å². The summed E-state index contributed by atoms with van der Waals surface area (Å²) in [6, 6.07) is 4.20. The van der Waals surface area contributed by atoms with E-state index in [1.54, 1.807) is 0 Å². The van der Waals surface area contributed by atoms with Crippen molar-refractivity contribution in [2.24, 2.45) is 5.73 Å². The number of ether oxygens (including phenoxy) is 2. The highest BCUT2D eigenvalue weighted by atomic mass is 32.2. The maximum atomic E-state index is 6.11. The molecule has 0 radical (unpaired) electrons. The second kappa shape index (κ2) is 3.32. The van der Waals surface area contributed by atoms with Crippen molar-refractivity contribution in [1.82, 2.24) is 0 Å². The van der Waals surface area contributed by atoms with Crippen LogP contribution in [0, 0.1) is 0 Å². The van der Waals surface area contributed by atoms with E-state index in [-0.39, 0.29) is 6.04 Å². The predicted molar refractivity (Wildman–Crippen MR) is 59.7 cm³/mol. The van der Waals surface area contributed by atoms with Crippen LogP contribution in [0.5, 0.6) is 11.5 Å². The highest BCUT2D eigenvalue weighted by Crippen LogP contribution is 2.47. The van der Waals surface area contributed by atoms with Gasteiger partial charge in [-0.2, -0.15) is 0 Å². The van der Waals surface area contributed by atoms with Crippen molar-refractivity contribution >= 4 is 11.8 Å². The minimum atomic E-state index is 0.112. The van der Waals surface area contributed by atoms with Crippen molar-refractivity contribution in [3.8, 4) is 11.5 Å². The first kappa shape index (κ1) is 9.36. The summed E-state index contributed by atoms with van der Waals surface area (Å²) in [5, 5.41) is 0.434. The van der Waals surface area contributed by atoms with Crippen LogP contribution in [0.1, 0.15) is 18.5 Å². The maximum Gasteiger partial charge on any atom is 0.162 e. The molecule has 2 atom stereocenters. The summed E-state index contributed by atoms with van der Waals surface area (Å²) in [5.74, 6) is 1.69. The first-order chi connectivity index (χ1) is 7.25. The fourth-order valence-electron chi connectivity index (χ4n) is 1.97. The molecule has 2 unspecified atom stereocenters. The second-order valence-electron chi connectivity index (χ2n) is 3.88. The molecule has 2 N–H and O–H groups in total. The first-order valence-corrected chi connectivity index (χ1v) is 5.99. The molecule has 0 bridgehead atoms. The van der Waals surface area contributed by atoms with Gasteiger partial charge in [0, 0.05) is 16.2 Å². The Hall–Kier alpha value is -0.870. The van der Waals surface area contributed by atoms with E-state index in [1.165, 1.54) is 10.5 Å². The number of hydrogen-bond acceptors (Lipinski definition) is 4. The van der Waals surface area contributed by atoms with Gasteiger partial charge in [0.2, 0.25) is 0 Å². The molecule has 1 aromatic rings.